The molecule has 0 amide bonds. The Balaban J connectivity index is 0.000000686. The third-order valence-electron chi connectivity index (χ3n) is 8.58. The highest BCUT2D eigenvalue weighted by molar-refractivity contribution is 7.79. The van der Waals surface area contributed by atoms with Crippen molar-refractivity contribution >= 4 is 18.2 Å². The Labute approximate surface area is 262 Å². The second kappa shape index (κ2) is 14.6. The van der Waals surface area contributed by atoms with E-state index in [-0.39, 0.29) is 11.3 Å². The van der Waals surface area contributed by atoms with Crippen LogP contribution in [0.15, 0.2) is 30.3 Å². The van der Waals surface area contributed by atoms with Crippen molar-refractivity contribution < 1.29 is 10.2 Å². The topological polar surface area (TPSA) is 77.1 Å². The molecule has 0 spiro atoms. The summed E-state index contributed by atoms with van der Waals surface area (Å²) in [6.45, 7) is 21.4. The number of benzene rings is 1. The lowest BCUT2D eigenvalue weighted by molar-refractivity contribution is 0.0972. The zero-order valence-electron chi connectivity index (χ0n) is 28.1. The van der Waals surface area contributed by atoms with Crippen LogP contribution in [0.1, 0.15) is 159 Å². The molecule has 1 aromatic carbocycles. The van der Waals surface area contributed by atoms with Crippen molar-refractivity contribution in [2.24, 2.45) is 10.8 Å². The van der Waals surface area contributed by atoms with Gasteiger partial charge in [-0.1, -0.05) is 92.2 Å². The van der Waals surface area contributed by atoms with Gasteiger partial charge in [0.05, 0.1) is 17.6 Å². The van der Waals surface area contributed by atoms with E-state index in [1.807, 2.05) is 38.1 Å². The molecule has 2 aliphatic carbocycles. The van der Waals surface area contributed by atoms with Crippen molar-refractivity contribution in [2.45, 2.75) is 131 Å². The van der Waals surface area contributed by atoms with Crippen LogP contribution in [0.5, 0.6) is 0 Å². The van der Waals surface area contributed by atoms with Crippen LogP contribution >= 0.6 is 12.6 Å². The largest absolute Gasteiger partial charge is 0.388 e. The minimum atomic E-state index is -0.854. The molecular formula is C37H56N2O2S. The molecule has 2 aliphatic rings. The average molecular weight is 593 g/mol. The molecule has 0 fully saturated rings. The Kier molecular flexibility index (Phi) is 12.5. The SMILES string of the molecule is CC(C)c1nc2c(c(C3=CCCC3)c1[C@@H](O)c1ccc(C(C)(C)C#N)cc1)C(O)CC(C)(C)C2.CCC(C)(C)C.CS. The molecule has 4 rings (SSSR count). The molecule has 0 saturated carbocycles. The van der Waals surface area contributed by atoms with E-state index in [9.17, 15) is 15.5 Å². The Morgan fingerprint density at radius 2 is 1.67 bits per heavy atom. The van der Waals surface area contributed by atoms with Gasteiger partial charge in [0.1, 0.15) is 6.10 Å². The predicted octanol–water partition coefficient (Wildman–Crippen LogP) is 9.65. The average Bonchev–Trinajstić information content (AvgIpc) is 3.47. The Bertz CT molecular complexity index is 1260. The first kappa shape index (κ1) is 36.1. The second-order valence-corrected chi connectivity index (χ2v) is 14.7. The van der Waals surface area contributed by atoms with E-state index in [4.69, 9.17) is 4.98 Å². The summed E-state index contributed by atoms with van der Waals surface area (Å²) in [5.74, 6) is 0.134. The molecule has 0 saturated heterocycles. The van der Waals surface area contributed by atoms with E-state index in [0.717, 1.165) is 64.9 Å². The summed E-state index contributed by atoms with van der Waals surface area (Å²) in [5.41, 5.74) is 7.58. The highest BCUT2D eigenvalue weighted by Gasteiger charge is 2.38. The summed E-state index contributed by atoms with van der Waals surface area (Å²) in [5, 5.41) is 32.6. The van der Waals surface area contributed by atoms with Gasteiger partial charge in [0.15, 0.2) is 0 Å². The van der Waals surface area contributed by atoms with Crippen molar-refractivity contribution in [3.05, 3.63) is 69.5 Å². The molecule has 2 aromatic rings. The van der Waals surface area contributed by atoms with Crippen molar-refractivity contribution in [1.82, 2.24) is 4.98 Å². The summed E-state index contributed by atoms with van der Waals surface area (Å²) < 4.78 is 0. The first-order valence-electron chi connectivity index (χ1n) is 15.6. The quantitative estimate of drug-likeness (QED) is 0.302. The number of thiol groups is 1. The molecule has 232 valence electrons. The van der Waals surface area contributed by atoms with Gasteiger partial charge in [-0.2, -0.15) is 17.9 Å². The van der Waals surface area contributed by atoms with Gasteiger partial charge in [-0.15, -0.1) is 0 Å². The fourth-order valence-corrected chi connectivity index (χ4v) is 5.60. The predicted molar refractivity (Wildman–Crippen MR) is 181 cm³/mol. The number of fused-ring (bicyclic) bond motifs is 1. The zero-order valence-corrected chi connectivity index (χ0v) is 29.0. The number of pyridine rings is 1. The number of hydrogen-bond donors (Lipinski definition) is 3. The van der Waals surface area contributed by atoms with Crippen LogP contribution in [0.4, 0.5) is 0 Å². The van der Waals surface area contributed by atoms with Crippen LogP contribution in [0.25, 0.3) is 5.57 Å². The number of hydrogen-bond acceptors (Lipinski definition) is 5. The first-order chi connectivity index (χ1) is 19.5. The third-order valence-corrected chi connectivity index (χ3v) is 8.58. The molecule has 4 nitrogen and oxygen atoms in total. The van der Waals surface area contributed by atoms with E-state index in [0.29, 0.717) is 11.8 Å². The van der Waals surface area contributed by atoms with E-state index in [1.54, 1.807) is 6.26 Å². The Morgan fingerprint density at radius 1 is 1.10 bits per heavy atom. The fraction of sp³-hybridized carbons (Fsp3) is 0.622. The van der Waals surface area contributed by atoms with Gasteiger partial charge in [-0.25, -0.2) is 0 Å². The molecule has 0 radical (unpaired) electrons. The third kappa shape index (κ3) is 8.71. The number of aliphatic hydroxyl groups is 2. The summed E-state index contributed by atoms with van der Waals surface area (Å²) >= 11 is 3.53. The molecule has 1 aromatic heterocycles. The van der Waals surface area contributed by atoms with Crippen molar-refractivity contribution in [3.8, 4) is 6.07 Å². The molecule has 1 unspecified atom stereocenters. The van der Waals surface area contributed by atoms with Gasteiger partial charge in [-0.3, -0.25) is 4.98 Å². The van der Waals surface area contributed by atoms with E-state index in [1.165, 1.54) is 12.0 Å². The van der Waals surface area contributed by atoms with Gasteiger partial charge in [0.25, 0.3) is 0 Å². The minimum Gasteiger partial charge on any atom is -0.388 e. The smallest absolute Gasteiger partial charge is 0.106 e. The van der Waals surface area contributed by atoms with Crippen LogP contribution in [0.3, 0.4) is 0 Å². The lowest BCUT2D eigenvalue weighted by Crippen LogP contribution is -2.29. The van der Waals surface area contributed by atoms with Crippen molar-refractivity contribution in [1.29, 1.82) is 5.26 Å². The number of aliphatic hydroxyl groups excluding tert-OH is 2. The summed E-state index contributed by atoms with van der Waals surface area (Å²) in [4.78, 5) is 5.12. The highest BCUT2D eigenvalue weighted by atomic mass is 32.1. The number of aromatic nitrogens is 1. The van der Waals surface area contributed by atoms with E-state index in [2.05, 4.69) is 80.2 Å². The molecule has 1 heterocycles. The van der Waals surface area contributed by atoms with Crippen LogP contribution in [0, 0.1) is 22.2 Å². The van der Waals surface area contributed by atoms with Crippen molar-refractivity contribution in [2.75, 3.05) is 6.26 Å². The van der Waals surface area contributed by atoms with Crippen LogP contribution in [0.2, 0.25) is 0 Å². The Morgan fingerprint density at radius 3 is 2.12 bits per heavy atom. The molecule has 2 atom stereocenters. The molecule has 5 heteroatoms. The van der Waals surface area contributed by atoms with Crippen molar-refractivity contribution in [3.63, 3.8) is 0 Å². The summed E-state index contributed by atoms with van der Waals surface area (Å²) in [7, 11) is 0. The summed E-state index contributed by atoms with van der Waals surface area (Å²) in [6, 6.07) is 10.1. The van der Waals surface area contributed by atoms with Crippen LogP contribution < -0.4 is 0 Å². The van der Waals surface area contributed by atoms with Gasteiger partial charge in [0.2, 0.25) is 0 Å². The van der Waals surface area contributed by atoms with Gasteiger partial charge in [0, 0.05) is 22.5 Å². The molecule has 0 aliphatic heterocycles. The zero-order chi connectivity index (χ0) is 32.0. The normalized spacial score (nSPS) is 18.5. The standard InChI is InChI=1S/C30H38N2O2.C6H14.CH4S/c1-18(2)27-26(28(34)20-11-13-21(14-12-20)30(5,6)17-31)24(19-9-7-8-10-19)25-22(32-27)15-29(3,4)16-23(25)33;1-5-6(2,3)4;1-2/h9,11-14,18,23,28,33-34H,7-8,10,15-16H2,1-6H3;5H2,1-4H3;2H,1H3/t23?,28-;;/m0../s1. The fourth-order valence-electron chi connectivity index (χ4n) is 5.60. The van der Waals surface area contributed by atoms with Gasteiger partial charge >= 0.3 is 0 Å². The first-order valence-corrected chi connectivity index (χ1v) is 16.5. The maximum Gasteiger partial charge on any atom is 0.106 e. The Hall–Kier alpha value is -2.13. The highest BCUT2D eigenvalue weighted by Crippen LogP contribution is 2.48. The monoisotopic (exact) mass is 592 g/mol. The molecule has 0 bridgehead atoms. The van der Waals surface area contributed by atoms with Crippen LogP contribution in [-0.4, -0.2) is 21.5 Å². The maximum atomic E-state index is 11.8. The maximum absolute atomic E-state index is 11.8. The lowest BCUT2D eigenvalue weighted by Gasteiger charge is -2.37. The van der Waals surface area contributed by atoms with Gasteiger partial charge < -0.3 is 10.2 Å². The minimum absolute atomic E-state index is 0.0154. The summed E-state index contributed by atoms with van der Waals surface area (Å²) in [6.07, 6.45) is 8.40. The van der Waals surface area contributed by atoms with Gasteiger partial charge in [-0.05, 0) is 91.2 Å². The lowest BCUT2D eigenvalue weighted by atomic mass is 9.71. The second-order valence-electron chi connectivity index (χ2n) is 14.7. The molecule has 42 heavy (non-hydrogen) atoms. The van der Waals surface area contributed by atoms with E-state index < -0.39 is 17.6 Å². The van der Waals surface area contributed by atoms with E-state index >= 15 is 0 Å². The number of allylic oxidation sites excluding steroid dienone is 2. The van der Waals surface area contributed by atoms with Crippen LogP contribution in [-0.2, 0) is 11.8 Å². The molecule has 2 N–H and O–H groups in total. The number of nitrogens with zero attached hydrogens (tertiary/aromatic N) is 2. The molecular weight excluding hydrogens is 536 g/mol. The number of nitriles is 1. The number of rotatable bonds is 5.